The zero-order valence-corrected chi connectivity index (χ0v) is 30.6. The van der Waals surface area contributed by atoms with Crippen molar-refractivity contribution >= 4 is 32.5 Å². The van der Waals surface area contributed by atoms with Crippen LogP contribution in [0.2, 0.25) is 0 Å². The second kappa shape index (κ2) is 14.1. The molecule has 4 aromatic carbocycles. The summed E-state index contributed by atoms with van der Waals surface area (Å²) in [7, 11) is -4.09. The summed E-state index contributed by atoms with van der Waals surface area (Å²) >= 11 is 0. The lowest BCUT2D eigenvalue weighted by molar-refractivity contribution is 0.0982. The Morgan fingerprint density at radius 2 is 1.54 bits per heavy atom. The largest absolute Gasteiger partial charge is 0.341 e. The third-order valence-corrected chi connectivity index (χ3v) is 10.9. The number of nitrogens with one attached hydrogen (secondary N) is 1. The first-order valence-electron chi connectivity index (χ1n) is 17.6. The smallest absolute Gasteiger partial charge is 0.264 e. The fourth-order valence-corrected chi connectivity index (χ4v) is 7.31. The summed E-state index contributed by atoms with van der Waals surface area (Å²) in [6.45, 7) is 11.3. The summed E-state index contributed by atoms with van der Waals surface area (Å²) in [6.07, 6.45) is 6.55. The summed E-state index contributed by atoms with van der Waals surface area (Å²) in [6, 6.07) is 31.6. The first kappa shape index (κ1) is 35.5. The van der Waals surface area contributed by atoms with Gasteiger partial charge in [-0.1, -0.05) is 120 Å². The van der Waals surface area contributed by atoms with Crippen molar-refractivity contribution in [3.05, 3.63) is 131 Å². The number of rotatable bonds is 11. The van der Waals surface area contributed by atoms with Crippen molar-refractivity contribution in [3.8, 4) is 11.1 Å². The van der Waals surface area contributed by atoms with Gasteiger partial charge >= 0.3 is 0 Å². The van der Waals surface area contributed by atoms with Crippen LogP contribution in [0, 0.1) is 5.41 Å². The maximum absolute atomic E-state index is 12.7. The second-order valence-corrected chi connectivity index (χ2v) is 17.2. The van der Waals surface area contributed by atoms with Crippen LogP contribution in [0.5, 0.6) is 0 Å². The van der Waals surface area contributed by atoms with Crippen molar-refractivity contribution in [1.29, 1.82) is 0 Å². The number of carbonyl (C=O) groups is 1. The van der Waals surface area contributed by atoms with Gasteiger partial charge < -0.3 is 4.98 Å². The van der Waals surface area contributed by atoms with Gasteiger partial charge in [-0.3, -0.25) is 9.35 Å². The standard InChI is InChI=1S/C43H48N2O4S/c1-42(2,3)36-19-16-31(17-20-36)30-12-14-33(15-13-30)37(27-29-8-10-34(11-9-29)40(46)7-6-26-50(47,48)49)41-44-38-21-18-35(28-39(38)45-41)32-22-24-43(4,5)25-23-32/h8-22,28,37H,6-7,23-27H2,1-5H3,(H,44,45)(H,47,48,49). The van der Waals surface area contributed by atoms with E-state index in [-0.39, 0.29) is 30.0 Å². The Morgan fingerprint density at radius 1 is 0.900 bits per heavy atom. The monoisotopic (exact) mass is 688 g/mol. The molecule has 1 heterocycles. The maximum Gasteiger partial charge on any atom is 0.264 e. The second-order valence-electron chi connectivity index (χ2n) is 15.7. The molecule has 0 spiro atoms. The first-order valence-corrected chi connectivity index (χ1v) is 19.2. The Kier molecular flexibility index (Phi) is 10.0. The van der Waals surface area contributed by atoms with Crippen molar-refractivity contribution in [2.75, 3.05) is 5.75 Å². The molecule has 50 heavy (non-hydrogen) atoms. The first-order chi connectivity index (χ1) is 23.6. The van der Waals surface area contributed by atoms with E-state index in [1.165, 1.54) is 28.7 Å². The Hall–Kier alpha value is -4.33. The number of H-pyrrole nitrogens is 1. The van der Waals surface area contributed by atoms with Crippen LogP contribution in [0.4, 0.5) is 0 Å². The van der Waals surface area contributed by atoms with Crippen molar-refractivity contribution in [3.63, 3.8) is 0 Å². The van der Waals surface area contributed by atoms with Crippen LogP contribution in [0.15, 0.2) is 97.1 Å². The van der Waals surface area contributed by atoms with Crippen molar-refractivity contribution in [1.82, 2.24) is 9.97 Å². The van der Waals surface area contributed by atoms with Gasteiger partial charge in [-0.2, -0.15) is 8.42 Å². The fourth-order valence-electron chi connectivity index (χ4n) is 6.80. The molecule has 1 aliphatic carbocycles. The summed E-state index contributed by atoms with van der Waals surface area (Å²) in [5.74, 6) is 0.263. The predicted molar refractivity (Wildman–Crippen MR) is 204 cm³/mol. The number of carbonyl (C=O) groups excluding carboxylic acids is 1. The molecule has 1 unspecified atom stereocenters. The van der Waals surface area contributed by atoms with Gasteiger partial charge in [0.2, 0.25) is 0 Å². The molecule has 260 valence electrons. The number of aromatic amines is 1. The number of ketones is 1. The third-order valence-electron chi connectivity index (χ3n) is 10.1. The minimum Gasteiger partial charge on any atom is -0.341 e. The van der Waals surface area contributed by atoms with Gasteiger partial charge in [-0.25, -0.2) is 4.98 Å². The minimum atomic E-state index is -4.09. The SMILES string of the molecule is CC1(C)CC=C(c2ccc3nc(C(Cc4ccc(C(=O)CCCS(=O)(=O)O)cc4)c4ccc(-c5ccc(C(C)(C)C)cc5)cc4)[nH]c3c2)CC1. The molecule has 7 heteroatoms. The molecule has 2 N–H and O–H groups in total. The topological polar surface area (TPSA) is 100 Å². The Bertz CT molecular complexity index is 2120. The van der Waals surface area contributed by atoms with E-state index >= 15 is 0 Å². The lowest BCUT2D eigenvalue weighted by atomic mass is 9.77. The molecule has 0 saturated carbocycles. The van der Waals surface area contributed by atoms with Crippen LogP contribution in [0.1, 0.15) is 111 Å². The van der Waals surface area contributed by atoms with E-state index in [1.54, 1.807) is 12.1 Å². The zero-order chi connectivity index (χ0) is 35.7. The highest BCUT2D eigenvalue weighted by atomic mass is 32.2. The molecule has 6 rings (SSSR count). The molecular weight excluding hydrogens is 641 g/mol. The molecule has 6 nitrogen and oxygen atoms in total. The van der Waals surface area contributed by atoms with E-state index in [2.05, 4.69) is 112 Å². The molecule has 0 saturated heterocycles. The highest BCUT2D eigenvalue weighted by Gasteiger charge is 2.24. The van der Waals surface area contributed by atoms with Crippen LogP contribution >= 0.6 is 0 Å². The Morgan fingerprint density at radius 3 is 2.14 bits per heavy atom. The number of hydrogen-bond acceptors (Lipinski definition) is 4. The number of fused-ring (bicyclic) bond motifs is 1. The van der Waals surface area contributed by atoms with Crippen molar-refractivity contribution < 1.29 is 17.8 Å². The number of hydrogen-bond donors (Lipinski definition) is 2. The van der Waals surface area contributed by atoms with E-state index in [1.807, 2.05) is 12.1 Å². The number of nitrogens with zero attached hydrogens (tertiary/aromatic N) is 1. The van der Waals surface area contributed by atoms with Crippen molar-refractivity contribution in [2.24, 2.45) is 5.41 Å². The van der Waals surface area contributed by atoms with Crippen molar-refractivity contribution in [2.45, 2.75) is 84.5 Å². The van der Waals surface area contributed by atoms with Gasteiger partial charge in [0.25, 0.3) is 10.1 Å². The number of aromatic nitrogens is 2. The number of imidazole rings is 1. The molecule has 1 atom stereocenters. The summed E-state index contributed by atoms with van der Waals surface area (Å²) < 4.78 is 31.1. The average Bonchev–Trinajstić information content (AvgIpc) is 3.50. The van der Waals surface area contributed by atoms with Gasteiger partial charge in [0.05, 0.1) is 16.8 Å². The van der Waals surface area contributed by atoms with Gasteiger partial charge in [0, 0.05) is 17.9 Å². The minimum absolute atomic E-state index is 0.0582. The van der Waals surface area contributed by atoms with Crippen LogP contribution in [0.3, 0.4) is 0 Å². The Balaban J connectivity index is 1.29. The third kappa shape index (κ3) is 8.69. The average molecular weight is 689 g/mol. The summed E-state index contributed by atoms with van der Waals surface area (Å²) in [5, 5.41) is 0. The molecule has 0 aliphatic heterocycles. The number of allylic oxidation sites excluding steroid dienone is 2. The van der Waals surface area contributed by atoms with Crippen LogP contribution < -0.4 is 0 Å². The normalized spacial score (nSPS) is 15.5. The van der Waals surface area contributed by atoms with Gasteiger partial charge in [-0.05, 0) is 94.0 Å². The zero-order valence-electron chi connectivity index (χ0n) is 29.8. The fraction of sp³-hybridized carbons (Fsp3) is 0.349. The molecule has 5 aromatic rings. The summed E-state index contributed by atoms with van der Waals surface area (Å²) in [4.78, 5) is 21.5. The molecule has 0 amide bonds. The lowest BCUT2D eigenvalue weighted by Crippen LogP contribution is -2.13. The van der Waals surface area contributed by atoms with E-state index in [4.69, 9.17) is 9.54 Å². The molecule has 0 fully saturated rings. The van der Waals surface area contributed by atoms with E-state index in [9.17, 15) is 13.2 Å². The Labute approximate surface area is 296 Å². The quantitative estimate of drug-likeness (QED) is 0.106. The van der Waals surface area contributed by atoms with Gasteiger partial charge in [0.15, 0.2) is 5.78 Å². The summed E-state index contributed by atoms with van der Waals surface area (Å²) in [5.41, 5.74) is 11.4. The van der Waals surface area contributed by atoms with Crippen LogP contribution in [-0.2, 0) is 22.0 Å². The van der Waals surface area contributed by atoms with E-state index < -0.39 is 15.9 Å². The highest BCUT2D eigenvalue weighted by Crippen LogP contribution is 2.39. The number of Topliss-reactive ketones (excluding diaryl/α,β-unsaturated/α-hetero) is 1. The number of benzene rings is 4. The lowest BCUT2D eigenvalue weighted by Gasteiger charge is -2.28. The molecule has 1 aliphatic rings. The van der Waals surface area contributed by atoms with E-state index in [0.29, 0.717) is 17.4 Å². The predicted octanol–water partition coefficient (Wildman–Crippen LogP) is 10.3. The maximum atomic E-state index is 12.7. The van der Waals surface area contributed by atoms with Crippen LogP contribution in [0.25, 0.3) is 27.7 Å². The van der Waals surface area contributed by atoms with Gasteiger partial charge in [0.1, 0.15) is 5.82 Å². The molecular formula is C43H48N2O4S. The molecule has 0 bridgehead atoms. The van der Waals surface area contributed by atoms with E-state index in [0.717, 1.165) is 46.4 Å². The highest BCUT2D eigenvalue weighted by molar-refractivity contribution is 7.85. The molecule has 1 aromatic heterocycles. The van der Waals surface area contributed by atoms with Crippen LogP contribution in [-0.4, -0.2) is 34.5 Å². The van der Waals surface area contributed by atoms with Gasteiger partial charge in [-0.15, -0.1) is 0 Å². The molecule has 0 radical (unpaired) electrons.